The van der Waals surface area contributed by atoms with E-state index < -0.39 is 17.9 Å². The molecule has 3 amide bonds. The van der Waals surface area contributed by atoms with E-state index in [4.69, 9.17) is 5.11 Å². The van der Waals surface area contributed by atoms with E-state index in [1.807, 2.05) is 30.3 Å². The Morgan fingerprint density at radius 1 is 1.11 bits per heavy atom. The van der Waals surface area contributed by atoms with Crippen LogP contribution in [0.15, 0.2) is 42.6 Å². The third kappa shape index (κ3) is 5.97. The predicted molar refractivity (Wildman–Crippen MR) is 133 cm³/mol. The fourth-order valence-electron chi connectivity index (χ4n) is 4.71. The second-order valence-corrected chi connectivity index (χ2v) is 9.90. The normalized spacial score (nSPS) is 20.5. The van der Waals surface area contributed by atoms with Gasteiger partial charge in [0.05, 0.1) is 17.9 Å². The first kappa shape index (κ1) is 24.7. The molecule has 2 heterocycles. The molecule has 2 atom stereocenters. The summed E-state index contributed by atoms with van der Waals surface area (Å²) in [5, 5.41) is 14.1. The average molecular weight is 480 g/mol. The topological polar surface area (TPSA) is 115 Å². The fourth-order valence-corrected chi connectivity index (χ4v) is 4.71. The maximum atomic E-state index is 13.4. The van der Waals surface area contributed by atoms with Crippen LogP contribution < -0.4 is 10.6 Å². The van der Waals surface area contributed by atoms with Gasteiger partial charge in [-0.3, -0.25) is 19.8 Å². The quantitative estimate of drug-likeness (QED) is 0.541. The molecular formula is C26H33N5O4. The molecule has 9 heteroatoms. The van der Waals surface area contributed by atoms with Gasteiger partial charge in [-0.05, 0) is 43.2 Å². The highest BCUT2D eigenvalue weighted by Gasteiger charge is 2.38. The van der Waals surface area contributed by atoms with E-state index in [9.17, 15) is 14.4 Å². The second-order valence-electron chi connectivity index (χ2n) is 9.90. The number of piperazine rings is 1. The van der Waals surface area contributed by atoms with E-state index in [1.54, 1.807) is 11.0 Å². The Morgan fingerprint density at radius 3 is 2.46 bits per heavy atom. The third-order valence-corrected chi connectivity index (χ3v) is 6.52. The second kappa shape index (κ2) is 10.4. The molecule has 2 fully saturated rings. The number of hydrogen-bond donors (Lipinski definition) is 3. The number of amides is 3. The van der Waals surface area contributed by atoms with E-state index >= 15 is 0 Å². The number of carbonyl (C=O) groups is 3. The van der Waals surface area contributed by atoms with E-state index in [-0.39, 0.29) is 23.8 Å². The number of hydrogen-bond acceptors (Lipinski definition) is 5. The lowest BCUT2D eigenvalue weighted by molar-refractivity contribution is -0.148. The van der Waals surface area contributed by atoms with E-state index in [0.29, 0.717) is 24.7 Å². The van der Waals surface area contributed by atoms with Gasteiger partial charge in [0.1, 0.15) is 5.82 Å². The van der Waals surface area contributed by atoms with Crippen molar-refractivity contribution in [3.8, 4) is 0 Å². The Kier molecular flexibility index (Phi) is 7.35. The summed E-state index contributed by atoms with van der Waals surface area (Å²) in [6.45, 7) is 8.47. The van der Waals surface area contributed by atoms with Crippen LogP contribution in [0, 0.1) is 5.92 Å². The van der Waals surface area contributed by atoms with Crippen molar-refractivity contribution in [1.29, 1.82) is 0 Å². The van der Waals surface area contributed by atoms with E-state index in [0.717, 1.165) is 30.5 Å². The molecule has 0 spiro atoms. The summed E-state index contributed by atoms with van der Waals surface area (Å²) in [6.07, 6.45) is 2.05. The van der Waals surface area contributed by atoms with Gasteiger partial charge >= 0.3 is 17.9 Å². The number of benzene rings is 1. The molecule has 4 rings (SSSR count). The molecule has 3 N–H and O–H groups in total. The van der Waals surface area contributed by atoms with Crippen LogP contribution in [0.5, 0.6) is 0 Å². The molecule has 0 radical (unpaired) electrons. The fraction of sp³-hybridized carbons (Fsp3) is 0.462. The molecule has 1 aromatic carbocycles. The van der Waals surface area contributed by atoms with Crippen LogP contribution in [-0.2, 0) is 9.59 Å². The standard InChI is InChI=1S/C26H33N5O4/c1-16(2)13-30-15-22(19-7-5-4-6-8-19)31(14-17(30)3)25(33)24(32)28-20-11-21(18-9-10-18)23(27-12-20)29-26(34)35/h4-8,11-12,16-18,22H,9-10,13-15H2,1-3H3,(H,27,29)(H,28,32)(H,34,35)/t17-,22-/m1/s1. The number of pyridine rings is 1. The van der Waals surface area contributed by atoms with Gasteiger partial charge in [-0.1, -0.05) is 44.2 Å². The lowest BCUT2D eigenvalue weighted by Gasteiger charge is -2.45. The van der Waals surface area contributed by atoms with Crippen molar-refractivity contribution >= 4 is 29.4 Å². The first-order chi connectivity index (χ1) is 16.7. The summed E-state index contributed by atoms with van der Waals surface area (Å²) in [7, 11) is 0. The Bertz CT molecular complexity index is 1090. The van der Waals surface area contributed by atoms with Crippen LogP contribution in [0.25, 0.3) is 0 Å². The van der Waals surface area contributed by atoms with Gasteiger partial charge in [-0.15, -0.1) is 0 Å². The summed E-state index contributed by atoms with van der Waals surface area (Å²) >= 11 is 0. The van der Waals surface area contributed by atoms with Gasteiger partial charge in [-0.25, -0.2) is 9.78 Å². The summed E-state index contributed by atoms with van der Waals surface area (Å²) in [5.74, 6) is -0.350. The number of anilines is 2. The van der Waals surface area contributed by atoms with Crippen LogP contribution in [0.4, 0.5) is 16.3 Å². The van der Waals surface area contributed by atoms with Gasteiger partial charge in [0, 0.05) is 31.2 Å². The molecule has 1 aliphatic heterocycles. The van der Waals surface area contributed by atoms with Gasteiger partial charge in [-0.2, -0.15) is 0 Å². The number of nitrogens with one attached hydrogen (secondary N) is 2. The molecular weight excluding hydrogens is 446 g/mol. The highest BCUT2D eigenvalue weighted by molar-refractivity contribution is 6.39. The summed E-state index contributed by atoms with van der Waals surface area (Å²) in [6, 6.07) is 11.4. The molecule has 1 saturated carbocycles. The minimum absolute atomic E-state index is 0.124. The molecule has 1 saturated heterocycles. The zero-order valence-corrected chi connectivity index (χ0v) is 20.4. The van der Waals surface area contributed by atoms with Crippen LogP contribution in [0.3, 0.4) is 0 Å². The SMILES string of the molecule is CC(C)CN1C[C@H](c2ccccc2)N(C(=O)C(=O)Nc2cnc(NC(=O)O)c(C3CC3)c2)C[C@H]1C. The summed E-state index contributed by atoms with van der Waals surface area (Å²) in [5.41, 5.74) is 2.11. The number of nitrogens with zero attached hydrogens (tertiary/aromatic N) is 3. The summed E-state index contributed by atoms with van der Waals surface area (Å²) in [4.78, 5) is 45.7. The molecule has 1 aromatic heterocycles. The molecule has 0 unspecified atom stereocenters. The Morgan fingerprint density at radius 2 is 1.83 bits per heavy atom. The van der Waals surface area contributed by atoms with Gasteiger partial charge in [0.25, 0.3) is 0 Å². The van der Waals surface area contributed by atoms with E-state index in [2.05, 4.69) is 41.3 Å². The number of carbonyl (C=O) groups excluding carboxylic acids is 2. The predicted octanol–water partition coefficient (Wildman–Crippen LogP) is 3.92. The Labute approximate surface area is 205 Å². The van der Waals surface area contributed by atoms with Gasteiger partial charge < -0.3 is 15.3 Å². The smallest absolute Gasteiger partial charge is 0.410 e. The molecule has 1 aliphatic carbocycles. The Balaban J connectivity index is 1.53. The highest BCUT2D eigenvalue weighted by Crippen LogP contribution is 2.43. The van der Waals surface area contributed by atoms with Crippen LogP contribution >= 0.6 is 0 Å². The molecule has 35 heavy (non-hydrogen) atoms. The largest absolute Gasteiger partial charge is 0.465 e. The molecule has 2 aliphatic rings. The van der Waals surface area contributed by atoms with Crippen molar-refractivity contribution in [1.82, 2.24) is 14.8 Å². The van der Waals surface area contributed by atoms with E-state index in [1.165, 1.54) is 6.20 Å². The molecule has 9 nitrogen and oxygen atoms in total. The maximum Gasteiger partial charge on any atom is 0.410 e. The lowest BCUT2D eigenvalue weighted by Crippen LogP contribution is -2.57. The van der Waals surface area contributed by atoms with Gasteiger partial charge in [0.2, 0.25) is 0 Å². The number of aromatic nitrogens is 1. The first-order valence-corrected chi connectivity index (χ1v) is 12.1. The minimum Gasteiger partial charge on any atom is -0.465 e. The average Bonchev–Trinajstić information content (AvgIpc) is 3.66. The number of carboxylic acid groups (broad SMARTS) is 1. The zero-order chi connectivity index (χ0) is 25.1. The molecule has 186 valence electrons. The van der Waals surface area contributed by atoms with Crippen molar-refractivity contribution in [2.75, 3.05) is 30.3 Å². The summed E-state index contributed by atoms with van der Waals surface area (Å²) < 4.78 is 0. The maximum absolute atomic E-state index is 13.4. The van der Waals surface area contributed by atoms with Crippen LogP contribution in [0.1, 0.15) is 56.7 Å². The van der Waals surface area contributed by atoms with Crippen LogP contribution in [0.2, 0.25) is 0 Å². The monoisotopic (exact) mass is 479 g/mol. The van der Waals surface area contributed by atoms with Crippen molar-refractivity contribution in [2.24, 2.45) is 5.92 Å². The minimum atomic E-state index is -1.19. The first-order valence-electron chi connectivity index (χ1n) is 12.1. The van der Waals surface area contributed by atoms with Crippen molar-refractivity contribution < 1.29 is 19.5 Å². The number of rotatable bonds is 6. The zero-order valence-electron chi connectivity index (χ0n) is 20.4. The van der Waals surface area contributed by atoms with Crippen LogP contribution in [-0.4, -0.2) is 63.5 Å². The van der Waals surface area contributed by atoms with Crippen molar-refractivity contribution in [3.63, 3.8) is 0 Å². The van der Waals surface area contributed by atoms with Gasteiger partial charge in [0.15, 0.2) is 0 Å². The Hall–Kier alpha value is -3.46. The van der Waals surface area contributed by atoms with Crippen molar-refractivity contribution in [2.45, 2.75) is 51.6 Å². The lowest BCUT2D eigenvalue weighted by atomic mass is 9.98. The van der Waals surface area contributed by atoms with Crippen molar-refractivity contribution in [3.05, 3.63) is 53.7 Å². The molecule has 2 aromatic rings. The molecule has 0 bridgehead atoms. The highest BCUT2D eigenvalue weighted by atomic mass is 16.4. The third-order valence-electron chi connectivity index (χ3n) is 6.52.